The van der Waals surface area contributed by atoms with Gasteiger partial charge >= 0.3 is 0 Å². The van der Waals surface area contributed by atoms with E-state index >= 15 is 0 Å². The summed E-state index contributed by atoms with van der Waals surface area (Å²) in [7, 11) is 0. The van der Waals surface area contributed by atoms with E-state index in [1.807, 2.05) is 13.0 Å². The van der Waals surface area contributed by atoms with E-state index in [-0.39, 0.29) is 11.7 Å². The van der Waals surface area contributed by atoms with Gasteiger partial charge in [-0.2, -0.15) is 0 Å². The van der Waals surface area contributed by atoms with Crippen molar-refractivity contribution in [3.05, 3.63) is 72.6 Å². The van der Waals surface area contributed by atoms with E-state index in [9.17, 15) is 9.18 Å². The molecule has 5 rings (SSSR count). The molecule has 0 bridgehead atoms. The van der Waals surface area contributed by atoms with Gasteiger partial charge < -0.3 is 24.4 Å². The zero-order valence-electron chi connectivity index (χ0n) is 20.5. The lowest BCUT2D eigenvalue weighted by Gasteiger charge is -2.29. The molecule has 1 aliphatic rings. The molecule has 2 aromatic carbocycles. The molecule has 4 aromatic rings. The van der Waals surface area contributed by atoms with Crippen LogP contribution in [0.1, 0.15) is 12.6 Å². The first-order chi connectivity index (χ1) is 18.0. The van der Waals surface area contributed by atoms with Crippen LogP contribution in [0.4, 0.5) is 15.9 Å². The number of anilines is 2. The van der Waals surface area contributed by atoms with Gasteiger partial charge in [0.2, 0.25) is 0 Å². The standard InChI is InChI=1S/C27H26FN5O4/c1-17-6-8-20(15-29-17)37-23-9-7-19(14-21(23)28)32-26-25-22(30-16-31-26)4-3-5-24(25)36-18(2)27(34)33-10-12-35-13-11-33/h3-9,14-16,18H,10-13H2,1-2H3,(H,30,31,32). The summed E-state index contributed by atoms with van der Waals surface area (Å²) in [5.74, 6) is 0.709. The summed E-state index contributed by atoms with van der Waals surface area (Å²) < 4.78 is 31.9. The summed E-state index contributed by atoms with van der Waals surface area (Å²) in [6, 6.07) is 13.4. The fourth-order valence-corrected chi connectivity index (χ4v) is 3.99. The molecular weight excluding hydrogens is 477 g/mol. The molecule has 37 heavy (non-hydrogen) atoms. The first-order valence-electron chi connectivity index (χ1n) is 11.9. The summed E-state index contributed by atoms with van der Waals surface area (Å²) in [6.45, 7) is 5.66. The van der Waals surface area contributed by atoms with E-state index in [1.165, 1.54) is 18.5 Å². The molecule has 1 aliphatic heterocycles. The van der Waals surface area contributed by atoms with Crippen LogP contribution in [-0.4, -0.2) is 58.2 Å². The Morgan fingerprint density at radius 2 is 1.92 bits per heavy atom. The van der Waals surface area contributed by atoms with Gasteiger partial charge in [-0.3, -0.25) is 9.78 Å². The predicted molar refractivity (Wildman–Crippen MR) is 136 cm³/mol. The Hall–Kier alpha value is -4.31. The van der Waals surface area contributed by atoms with Gasteiger partial charge in [-0.25, -0.2) is 14.4 Å². The second-order valence-electron chi connectivity index (χ2n) is 8.58. The molecule has 10 heteroatoms. The number of morpholine rings is 1. The largest absolute Gasteiger partial charge is 0.480 e. The molecule has 2 aromatic heterocycles. The van der Waals surface area contributed by atoms with Crippen LogP contribution in [0.2, 0.25) is 0 Å². The zero-order chi connectivity index (χ0) is 25.8. The maximum atomic E-state index is 14.9. The number of nitrogens with zero attached hydrogens (tertiary/aromatic N) is 4. The van der Waals surface area contributed by atoms with E-state index in [4.69, 9.17) is 14.2 Å². The van der Waals surface area contributed by atoms with Gasteiger partial charge in [0.1, 0.15) is 23.6 Å². The lowest BCUT2D eigenvalue weighted by molar-refractivity contribution is -0.142. The predicted octanol–water partition coefficient (Wildman–Crippen LogP) is 4.63. The molecule has 1 fully saturated rings. The third kappa shape index (κ3) is 5.59. The summed E-state index contributed by atoms with van der Waals surface area (Å²) >= 11 is 0. The molecule has 0 aliphatic carbocycles. The Bertz CT molecular complexity index is 1400. The monoisotopic (exact) mass is 503 g/mol. The molecule has 9 nitrogen and oxygen atoms in total. The molecule has 3 heterocycles. The number of benzene rings is 2. The molecule has 1 N–H and O–H groups in total. The van der Waals surface area contributed by atoms with E-state index in [0.29, 0.717) is 60.2 Å². The molecule has 1 unspecified atom stereocenters. The SMILES string of the molecule is Cc1ccc(Oc2ccc(Nc3ncnc4cccc(OC(C)C(=O)N5CCOCC5)c34)cc2F)cn1. The number of hydrogen-bond donors (Lipinski definition) is 1. The van der Waals surface area contributed by atoms with E-state index < -0.39 is 11.9 Å². The summed E-state index contributed by atoms with van der Waals surface area (Å²) in [6.07, 6.45) is 2.23. The highest BCUT2D eigenvalue weighted by Gasteiger charge is 2.25. The summed E-state index contributed by atoms with van der Waals surface area (Å²) in [4.78, 5) is 27.4. The van der Waals surface area contributed by atoms with Crippen molar-refractivity contribution in [2.75, 3.05) is 31.6 Å². The summed E-state index contributed by atoms with van der Waals surface area (Å²) in [5.41, 5.74) is 1.92. The normalized spacial score (nSPS) is 14.3. The Kier molecular flexibility index (Phi) is 7.09. The van der Waals surface area contributed by atoms with E-state index in [2.05, 4.69) is 20.3 Å². The quantitative estimate of drug-likeness (QED) is 0.390. The van der Waals surface area contributed by atoms with Crippen molar-refractivity contribution in [3.8, 4) is 17.2 Å². The van der Waals surface area contributed by atoms with E-state index in [0.717, 1.165) is 5.69 Å². The third-order valence-electron chi connectivity index (χ3n) is 5.91. The first kappa shape index (κ1) is 24.4. The van der Waals surface area contributed by atoms with Gasteiger partial charge in [-0.1, -0.05) is 6.07 Å². The van der Waals surface area contributed by atoms with Crippen LogP contribution in [0, 0.1) is 12.7 Å². The molecule has 190 valence electrons. The fourth-order valence-electron chi connectivity index (χ4n) is 3.99. The van der Waals surface area contributed by atoms with Crippen molar-refractivity contribution in [1.82, 2.24) is 19.9 Å². The van der Waals surface area contributed by atoms with Crippen molar-refractivity contribution < 1.29 is 23.4 Å². The van der Waals surface area contributed by atoms with Crippen molar-refractivity contribution >= 4 is 28.3 Å². The summed E-state index contributed by atoms with van der Waals surface area (Å²) in [5, 5.41) is 3.72. The van der Waals surface area contributed by atoms with Gasteiger partial charge in [0, 0.05) is 30.5 Å². The number of aromatic nitrogens is 3. The van der Waals surface area contributed by atoms with Crippen LogP contribution in [0.25, 0.3) is 10.9 Å². The second kappa shape index (κ2) is 10.8. The lowest BCUT2D eigenvalue weighted by Crippen LogP contribution is -2.46. The van der Waals surface area contributed by atoms with Gasteiger partial charge in [-0.15, -0.1) is 0 Å². The Balaban J connectivity index is 1.37. The highest BCUT2D eigenvalue weighted by Crippen LogP contribution is 2.33. The van der Waals surface area contributed by atoms with Crippen LogP contribution in [-0.2, 0) is 9.53 Å². The Labute approximate surface area is 213 Å². The topological polar surface area (TPSA) is 98.7 Å². The number of ether oxygens (including phenoxy) is 3. The average Bonchev–Trinajstić information content (AvgIpc) is 2.91. The maximum Gasteiger partial charge on any atom is 0.263 e. The van der Waals surface area contributed by atoms with Crippen LogP contribution < -0.4 is 14.8 Å². The minimum atomic E-state index is -0.720. The number of rotatable bonds is 7. The number of fused-ring (bicyclic) bond motifs is 1. The van der Waals surface area contributed by atoms with E-state index in [1.54, 1.807) is 48.4 Å². The van der Waals surface area contributed by atoms with Gasteiger partial charge in [0.25, 0.3) is 5.91 Å². The van der Waals surface area contributed by atoms with Gasteiger partial charge in [0.15, 0.2) is 17.7 Å². The lowest BCUT2D eigenvalue weighted by atomic mass is 10.2. The molecule has 0 saturated carbocycles. The van der Waals surface area contributed by atoms with Crippen LogP contribution in [0.5, 0.6) is 17.2 Å². The maximum absolute atomic E-state index is 14.9. The average molecular weight is 504 g/mol. The number of nitrogens with one attached hydrogen (secondary N) is 1. The third-order valence-corrected chi connectivity index (χ3v) is 5.91. The van der Waals surface area contributed by atoms with Crippen LogP contribution in [0.3, 0.4) is 0 Å². The van der Waals surface area contributed by atoms with Crippen molar-refractivity contribution in [3.63, 3.8) is 0 Å². The van der Waals surface area contributed by atoms with Crippen molar-refractivity contribution in [2.24, 2.45) is 0 Å². The molecule has 0 spiro atoms. The number of amides is 1. The van der Waals surface area contributed by atoms with Crippen molar-refractivity contribution in [2.45, 2.75) is 20.0 Å². The molecule has 0 radical (unpaired) electrons. The van der Waals surface area contributed by atoms with Crippen LogP contribution in [0.15, 0.2) is 61.1 Å². The Morgan fingerprint density at radius 1 is 1.08 bits per heavy atom. The van der Waals surface area contributed by atoms with Crippen molar-refractivity contribution in [1.29, 1.82) is 0 Å². The number of hydrogen-bond acceptors (Lipinski definition) is 8. The second-order valence-corrected chi connectivity index (χ2v) is 8.58. The molecule has 1 saturated heterocycles. The highest BCUT2D eigenvalue weighted by molar-refractivity contribution is 5.96. The smallest absolute Gasteiger partial charge is 0.263 e. The molecular formula is C27H26FN5O4. The molecule has 1 amide bonds. The number of carbonyl (C=O) groups is 1. The number of aryl methyl sites for hydroxylation is 1. The minimum Gasteiger partial charge on any atom is -0.480 e. The van der Waals surface area contributed by atoms with Gasteiger partial charge in [-0.05, 0) is 50.2 Å². The van der Waals surface area contributed by atoms with Crippen LogP contribution >= 0.6 is 0 Å². The zero-order valence-corrected chi connectivity index (χ0v) is 20.5. The number of halogens is 1. The first-order valence-corrected chi connectivity index (χ1v) is 11.9. The number of pyridine rings is 1. The van der Waals surface area contributed by atoms with Gasteiger partial charge in [0.05, 0.1) is 30.3 Å². The highest BCUT2D eigenvalue weighted by atomic mass is 19.1. The number of carbonyl (C=O) groups excluding carboxylic acids is 1. The minimum absolute atomic E-state index is 0.0724. The fraction of sp³-hybridized carbons (Fsp3) is 0.259. The molecule has 1 atom stereocenters. The Morgan fingerprint density at radius 3 is 2.68 bits per heavy atom.